The van der Waals surface area contributed by atoms with Gasteiger partial charge in [-0.1, -0.05) is 0 Å². The molecule has 5 nitrogen and oxygen atoms in total. The number of hydrogen-bond acceptors (Lipinski definition) is 5. The summed E-state index contributed by atoms with van der Waals surface area (Å²) in [6, 6.07) is 3.77. The summed E-state index contributed by atoms with van der Waals surface area (Å²) < 4.78 is 0. The van der Waals surface area contributed by atoms with Crippen LogP contribution in [-0.4, -0.2) is 41.5 Å². The second-order valence-electron chi connectivity index (χ2n) is 5.26. The molecule has 5 heteroatoms. The molecule has 0 radical (unpaired) electrons. The van der Waals surface area contributed by atoms with E-state index in [-0.39, 0.29) is 0 Å². The van der Waals surface area contributed by atoms with Crippen LogP contribution in [0.3, 0.4) is 0 Å². The van der Waals surface area contributed by atoms with Crippen molar-refractivity contribution >= 4 is 5.82 Å². The van der Waals surface area contributed by atoms with Crippen molar-refractivity contribution in [2.24, 2.45) is 5.92 Å². The van der Waals surface area contributed by atoms with Gasteiger partial charge in [0.15, 0.2) is 0 Å². The lowest BCUT2D eigenvalue weighted by molar-refractivity contribution is 0.215. The molecule has 0 aliphatic carbocycles. The summed E-state index contributed by atoms with van der Waals surface area (Å²) in [5, 5.41) is 12.2. The number of hydrogen-bond donors (Lipinski definition) is 1. The van der Waals surface area contributed by atoms with Crippen LogP contribution in [0.5, 0.6) is 0 Å². The fourth-order valence-electron chi connectivity index (χ4n) is 2.47. The maximum Gasteiger partial charge on any atom is 0.146 e. The van der Waals surface area contributed by atoms with Crippen LogP contribution in [0.2, 0.25) is 0 Å². The van der Waals surface area contributed by atoms with E-state index in [0.29, 0.717) is 11.5 Å². The van der Waals surface area contributed by atoms with Gasteiger partial charge < -0.3 is 10.2 Å². The Kier molecular flexibility index (Phi) is 4.69. The molecule has 1 aliphatic heterocycles. The summed E-state index contributed by atoms with van der Waals surface area (Å²) in [5.41, 5.74) is 0.425. The van der Waals surface area contributed by atoms with Gasteiger partial charge in [-0.15, -0.1) is 0 Å². The molecule has 1 fully saturated rings. The van der Waals surface area contributed by atoms with Crippen LogP contribution in [0.25, 0.3) is 0 Å². The molecule has 1 aromatic heterocycles. The third-order valence-corrected chi connectivity index (χ3v) is 3.65. The molecule has 1 saturated heterocycles. The van der Waals surface area contributed by atoms with Crippen LogP contribution in [0, 0.1) is 24.2 Å². The van der Waals surface area contributed by atoms with Crippen LogP contribution < -0.4 is 5.32 Å². The quantitative estimate of drug-likeness (QED) is 0.893. The Labute approximate surface area is 114 Å². The van der Waals surface area contributed by atoms with Gasteiger partial charge in [-0.05, 0) is 52.2 Å². The number of aromatic nitrogens is 2. The number of nitrogens with one attached hydrogen (secondary N) is 1. The Balaban J connectivity index is 1.79. The van der Waals surface area contributed by atoms with Crippen LogP contribution in [-0.2, 0) is 0 Å². The van der Waals surface area contributed by atoms with E-state index in [1.165, 1.54) is 32.4 Å². The molecule has 2 heterocycles. The zero-order valence-corrected chi connectivity index (χ0v) is 11.7. The van der Waals surface area contributed by atoms with Crippen molar-refractivity contribution in [2.45, 2.75) is 26.2 Å². The molecule has 0 saturated carbocycles. The Morgan fingerprint density at radius 2 is 2.16 bits per heavy atom. The molecule has 0 amide bonds. The van der Waals surface area contributed by atoms with E-state index in [2.05, 4.69) is 33.3 Å². The van der Waals surface area contributed by atoms with Crippen molar-refractivity contribution in [2.75, 3.05) is 32.0 Å². The Hall–Kier alpha value is -1.67. The summed E-state index contributed by atoms with van der Waals surface area (Å²) in [5.74, 6) is 2.21. The number of aryl methyl sites for hydroxylation is 1. The topological polar surface area (TPSA) is 64.8 Å². The largest absolute Gasteiger partial charge is 0.370 e. The number of piperidine rings is 1. The van der Waals surface area contributed by atoms with Crippen molar-refractivity contribution in [3.05, 3.63) is 17.6 Å². The minimum atomic E-state index is 0.425. The van der Waals surface area contributed by atoms with Gasteiger partial charge in [0, 0.05) is 12.6 Å². The molecular formula is C14H21N5. The second kappa shape index (κ2) is 6.48. The monoisotopic (exact) mass is 259 g/mol. The van der Waals surface area contributed by atoms with Crippen LogP contribution >= 0.6 is 0 Å². The lowest BCUT2D eigenvalue weighted by atomic mass is 9.94. The average Bonchev–Trinajstić information content (AvgIpc) is 2.40. The first-order valence-corrected chi connectivity index (χ1v) is 6.85. The molecular weight excluding hydrogens is 238 g/mol. The van der Waals surface area contributed by atoms with Crippen molar-refractivity contribution in [1.29, 1.82) is 5.26 Å². The number of anilines is 1. The minimum Gasteiger partial charge on any atom is -0.370 e. The van der Waals surface area contributed by atoms with Gasteiger partial charge >= 0.3 is 0 Å². The van der Waals surface area contributed by atoms with Gasteiger partial charge in [-0.3, -0.25) is 0 Å². The van der Waals surface area contributed by atoms with Gasteiger partial charge in [0.1, 0.15) is 23.4 Å². The zero-order valence-electron chi connectivity index (χ0n) is 11.7. The number of nitriles is 1. The number of rotatable bonds is 4. The van der Waals surface area contributed by atoms with Gasteiger partial charge in [-0.25, -0.2) is 9.97 Å². The SMILES string of the molecule is Cc1nc(C#N)cc(NCCC2CCN(C)CC2)n1. The highest BCUT2D eigenvalue weighted by Crippen LogP contribution is 2.19. The van der Waals surface area contributed by atoms with E-state index < -0.39 is 0 Å². The highest BCUT2D eigenvalue weighted by atomic mass is 15.1. The summed E-state index contributed by atoms with van der Waals surface area (Å²) >= 11 is 0. The van der Waals surface area contributed by atoms with Crippen molar-refractivity contribution < 1.29 is 0 Å². The molecule has 0 aromatic carbocycles. The average molecular weight is 259 g/mol. The predicted molar refractivity (Wildman–Crippen MR) is 74.8 cm³/mol. The lowest BCUT2D eigenvalue weighted by Gasteiger charge is -2.28. The summed E-state index contributed by atoms with van der Waals surface area (Å²) in [7, 11) is 2.18. The summed E-state index contributed by atoms with van der Waals surface area (Å²) in [6.45, 7) is 5.13. The summed E-state index contributed by atoms with van der Waals surface area (Å²) in [4.78, 5) is 10.7. The standard InChI is InChI=1S/C14H21N5/c1-11-17-13(10-15)9-14(18-11)16-6-3-12-4-7-19(2)8-5-12/h9,12H,3-8H2,1-2H3,(H,16,17,18). The van der Waals surface area contributed by atoms with Crippen LogP contribution in [0.4, 0.5) is 5.82 Å². The van der Waals surface area contributed by atoms with E-state index in [4.69, 9.17) is 5.26 Å². The molecule has 0 unspecified atom stereocenters. The smallest absolute Gasteiger partial charge is 0.146 e. The molecule has 19 heavy (non-hydrogen) atoms. The minimum absolute atomic E-state index is 0.425. The first-order chi connectivity index (χ1) is 9.17. The molecule has 2 rings (SSSR count). The van der Waals surface area contributed by atoms with Crippen molar-refractivity contribution in [1.82, 2.24) is 14.9 Å². The third-order valence-electron chi connectivity index (χ3n) is 3.65. The second-order valence-corrected chi connectivity index (χ2v) is 5.26. The Bertz CT molecular complexity index is 457. The molecule has 0 atom stereocenters. The normalized spacial score (nSPS) is 17.1. The van der Waals surface area contributed by atoms with E-state index in [1.807, 2.05) is 6.92 Å². The van der Waals surface area contributed by atoms with E-state index >= 15 is 0 Å². The maximum atomic E-state index is 8.87. The fraction of sp³-hybridized carbons (Fsp3) is 0.643. The van der Waals surface area contributed by atoms with Gasteiger partial charge in [0.2, 0.25) is 0 Å². The van der Waals surface area contributed by atoms with Gasteiger partial charge in [0.05, 0.1) is 0 Å². The molecule has 1 aliphatic rings. The molecule has 0 bridgehead atoms. The van der Waals surface area contributed by atoms with Crippen LogP contribution in [0.1, 0.15) is 30.8 Å². The van der Waals surface area contributed by atoms with Gasteiger partial charge in [-0.2, -0.15) is 5.26 Å². The fourth-order valence-corrected chi connectivity index (χ4v) is 2.47. The third kappa shape index (κ3) is 4.18. The molecule has 1 aromatic rings. The lowest BCUT2D eigenvalue weighted by Crippen LogP contribution is -2.30. The Morgan fingerprint density at radius 3 is 2.84 bits per heavy atom. The van der Waals surface area contributed by atoms with E-state index in [0.717, 1.165) is 18.3 Å². The first-order valence-electron chi connectivity index (χ1n) is 6.85. The van der Waals surface area contributed by atoms with Crippen LogP contribution in [0.15, 0.2) is 6.07 Å². The first kappa shape index (κ1) is 13.8. The molecule has 102 valence electrons. The van der Waals surface area contributed by atoms with Crippen molar-refractivity contribution in [3.8, 4) is 6.07 Å². The predicted octanol–water partition coefficient (Wildman–Crippen LogP) is 1.80. The molecule has 1 N–H and O–H groups in total. The molecule has 0 spiro atoms. The van der Waals surface area contributed by atoms with Crippen molar-refractivity contribution in [3.63, 3.8) is 0 Å². The highest BCUT2D eigenvalue weighted by molar-refractivity contribution is 5.39. The maximum absolute atomic E-state index is 8.87. The van der Waals surface area contributed by atoms with Gasteiger partial charge in [0.25, 0.3) is 0 Å². The highest BCUT2D eigenvalue weighted by Gasteiger charge is 2.16. The number of nitrogens with zero attached hydrogens (tertiary/aromatic N) is 4. The number of likely N-dealkylation sites (tertiary alicyclic amines) is 1. The van der Waals surface area contributed by atoms with E-state index in [1.54, 1.807) is 6.07 Å². The van der Waals surface area contributed by atoms with E-state index in [9.17, 15) is 0 Å². The Morgan fingerprint density at radius 1 is 1.42 bits per heavy atom. The summed E-state index contributed by atoms with van der Waals surface area (Å²) in [6.07, 6.45) is 3.73. The zero-order chi connectivity index (χ0) is 13.7.